The SMILES string of the molecule is NCCC=Cc1cc(C(=O)O)c(F)cc1F. The van der Waals surface area contributed by atoms with Crippen molar-refractivity contribution in [3.63, 3.8) is 0 Å². The molecule has 1 aromatic carbocycles. The molecule has 0 radical (unpaired) electrons. The molecule has 1 rings (SSSR count). The molecular formula is C11H11F2NO2. The van der Waals surface area contributed by atoms with E-state index in [0.29, 0.717) is 19.0 Å². The lowest BCUT2D eigenvalue weighted by atomic mass is 10.1. The maximum Gasteiger partial charge on any atom is 0.338 e. The summed E-state index contributed by atoms with van der Waals surface area (Å²) in [5, 5.41) is 8.65. The maximum atomic E-state index is 13.2. The van der Waals surface area contributed by atoms with Crippen LogP contribution in [0.4, 0.5) is 8.78 Å². The predicted octanol–water partition coefficient (Wildman–Crippen LogP) is 2.03. The zero-order valence-corrected chi connectivity index (χ0v) is 8.41. The van der Waals surface area contributed by atoms with Gasteiger partial charge < -0.3 is 10.8 Å². The fourth-order valence-corrected chi connectivity index (χ4v) is 1.16. The molecule has 0 heterocycles. The van der Waals surface area contributed by atoms with Gasteiger partial charge in [-0.3, -0.25) is 0 Å². The van der Waals surface area contributed by atoms with Crippen molar-refractivity contribution < 1.29 is 18.7 Å². The summed E-state index contributed by atoms with van der Waals surface area (Å²) in [7, 11) is 0. The Bertz CT molecular complexity index is 430. The minimum Gasteiger partial charge on any atom is -0.478 e. The second-order valence-electron chi connectivity index (χ2n) is 3.14. The number of benzene rings is 1. The number of hydrogen-bond donors (Lipinski definition) is 2. The lowest BCUT2D eigenvalue weighted by molar-refractivity contribution is 0.0691. The van der Waals surface area contributed by atoms with E-state index in [1.54, 1.807) is 6.08 Å². The fraction of sp³-hybridized carbons (Fsp3) is 0.182. The van der Waals surface area contributed by atoms with Crippen LogP contribution in [-0.4, -0.2) is 17.6 Å². The number of rotatable bonds is 4. The predicted molar refractivity (Wildman–Crippen MR) is 56.0 cm³/mol. The minimum atomic E-state index is -1.43. The van der Waals surface area contributed by atoms with E-state index in [9.17, 15) is 13.6 Å². The van der Waals surface area contributed by atoms with Crippen LogP contribution >= 0.6 is 0 Å². The van der Waals surface area contributed by atoms with Crippen LogP contribution in [-0.2, 0) is 0 Å². The molecule has 86 valence electrons. The van der Waals surface area contributed by atoms with Crippen LogP contribution in [0.15, 0.2) is 18.2 Å². The van der Waals surface area contributed by atoms with Gasteiger partial charge in [0.2, 0.25) is 0 Å². The van der Waals surface area contributed by atoms with Gasteiger partial charge in [-0.15, -0.1) is 0 Å². The number of carboxylic acids is 1. The van der Waals surface area contributed by atoms with Gasteiger partial charge in [0.15, 0.2) is 0 Å². The molecule has 5 heteroatoms. The molecule has 1 aromatic rings. The molecule has 3 N–H and O–H groups in total. The average molecular weight is 227 g/mol. The first-order chi connectivity index (χ1) is 7.56. The summed E-state index contributed by atoms with van der Waals surface area (Å²) < 4.78 is 26.2. The Kier molecular flexibility index (Phi) is 4.13. The smallest absolute Gasteiger partial charge is 0.338 e. The molecule has 3 nitrogen and oxygen atoms in total. The van der Waals surface area contributed by atoms with Crippen molar-refractivity contribution in [1.29, 1.82) is 0 Å². The highest BCUT2D eigenvalue weighted by atomic mass is 19.1. The highest BCUT2D eigenvalue weighted by Gasteiger charge is 2.13. The summed E-state index contributed by atoms with van der Waals surface area (Å²) in [5.74, 6) is -3.30. The van der Waals surface area contributed by atoms with E-state index >= 15 is 0 Å². The lowest BCUT2D eigenvalue weighted by Crippen LogP contribution is -2.02. The molecule has 16 heavy (non-hydrogen) atoms. The van der Waals surface area contributed by atoms with E-state index < -0.39 is 23.2 Å². The van der Waals surface area contributed by atoms with E-state index in [1.807, 2.05) is 0 Å². The summed E-state index contributed by atoms with van der Waals surface area (Å²) in [6.45, 7) is 0.408. The number of aromatic carboxylic acids is 1. The Morgan fingerprint density at radius 1 is 1.38 bits per heavy atom. The van der Waals surface area contributed by atoms with Crippen LogP contribution in [0.5, 0.6) is 0 Å². The van der Waals surface area contributed by atoms with Crippen molar-refractivity contribution in [2.45, 2.75) is 6.42 Å². The highest BCUT2D eigenvalue weighted by Crippen LogP contribution is 2.16. The normalized spacial score (nSPS) is 10.9. The first-order valence-corrected chi connectivity index (χ1v) is 4.65. The molecule has 0 unspecified atom stereocenters. The van der Waals surface area contributed by atoms with Gasteiger partial charge in [-0.05, 0) is 19.0 Å². The maximum absolute atomic E-state index is 13.2. The van der Waals surface area contributed by atoms with Crippen LogP contribution in [0.2, 0.25) is 0 Å². The van der Waals surface area contributed by atoms with E-state index in [-0.39, 0.29) is 5.56 Å². The van der Waals surface area contributed by atoms with Crippen LogP contribution in [0.25, 0.3) is 6.08 Å². The van der Waals surface area contributed by atoms with Crippen molar-refractivity contribution in [2.75, 3.05) is 6.54 Å². The number of hydrogen-bond acceptors (Lipinski definition) is 2. The second-order valence-corrected chi connectivity index (χ2v) is 3.14. The third-order valence-corrected chi connectivity index (χ3v) is 1.95. The zero-order chi connectivity index (χ0) is 12.1. The quantitative estimate of drug-likeness (QED) is 0.827. The number of nitrogens with two attached hydrogens (primary N) is 1. The highest BCUT2D eigenvalue weighted by molar-refractivity contribution is 5.88. The van der Waals surface area contributed by atoms with E-state index in [1.165, 1.54) is 6.08 Å². The molecular weight excluding hydrogens is 216 g/mol. The van der Waals surface area contributed by atoms with E-state index in [0.717, 1.165) is 6.07 Å². The van der Waals surface area contributed by atoms with Gasteiger partial charge in [0.05, 0.1) is 5.56 Å². The summed E-state index contributed by atoms with van der Waals surface area (Å²) in [5.41, 5.74) is 4.72. The second kappa shape index (κ2) is 5.37. The molecule has 0 aliphatic heterocycles. The largest absolute Gasteiger partial charge is 0.478 e. The first-order valence-electron chi connectivity index (χ1n) is 4.65. The van der Waals surface area contributed by atoms with E-state index in [4.69, 9.17) is 10.8 Å². The average Bonchev–Trinajstić information content (AvgIpc) is 2.21. The van der Waals surface area contributed by atoms with Crippen LogP contribution in [0.1, 0.15) is 22.3 Å². The van der Waals surface area contributed by atoms with Gasteiger partial charge in [0, 0.05) is 11.6 Å². The standard InChI is InChI=1S/C11H11F2NO2/c12-9-6-10(13)8(11(15)16)5-7(9)3-1-2-4-14/h1,3,5-6H,2,4,14H2,(H,15,16). The Morgan fingerprint density at radius 3 is 2.62 bits per heavy atom. The Hall–Kier alpha value is -1.75. The Labute approximate surface area is 91.2 Å². The molecule has 0 atom stereocenters. The topological polar surface area (TPSA) is 63.3 Å². The van der Waals surface area contributed by atoms with Gasteiger partial charge in [-0.2, -0.15) is 0 Å². The molecule has 0 aromatic heterocycles. The molecule has 0 spiro atoms. The third-order valence-electron chi connectivity index (χ3n) is 1.95. The van der Waals surface area contributed by atoms with Gasteiger partial charge >= 0.3 is 5.97 Å². The van der Waals surface area contributed by atoms with Crippen LogP contribution in [0.3, 0.4) is 0 Å². The molecule has 0 fully saturated rings. The van der Waals surface area contributed by atoms with E-state index in [2.05, 4.69) is 0 Å². The Morgan fingerprint density at radius 2 is 2.06 bits per heavy atom. The summed E-state index contributed by atoms with van der Waals surface area (Å²) >= 11 is 0. The number of halogens is 2. The lowest BCUT2D eigenvalue weighted by Gasteiger charge is -2.01. The van der Waals surface area contributed by atoms with Gasteiger partial charge in [-0.25, -0.2) is 13.6 Å². The van der Waals surface area contributed by atoms with Crippen LogP contribution < -0.4 is 5.73 Å². The fourth-order valence-electron chi connectivity index (χ4n) is 1.16. The molecule has 0 amide bonds. The number of carboxylic acid groups (broad SMARTS) is 1. The van der Waals surface area contributed by atoms with Crippen molar-refractivity contribution in [3.8, 4) is 0 Å². The Balaban J connectivity index is 3.09. The van der Waals surface area contributed by atoms with Crippen molar-refractivity contribution in [2.24, 2.45) is 5.73 Å². The van der Waals surface area contributed by atoms with Gasteiger partial charge in [0.25, 0.3) is 0 Å². The molecule has 0 saturated heterocycles. The van der Waals surface area contributed by atoms with Gasteiger partial charge in [0.1, 0.15) is 11.6 Å². The zero-order valence-electron chi connectivity index (χ0n) is 8.41. The number of carbonyl (C=O) groups is 1. The van der Waals surface area contributed by atoms with Crippen molar-refractivity contribution in [1.82, 2.24) is 0 Å². The molecule has 0 saturated carbocycles. The summed E-state index contributed by atoms with van der Waals surface area (Å²) in [4.78, 5) is 10.6. The minimum absolute atomic E-state index is 0.0345. The van der Waals surface area contributed by atoms with Gasteiger partial charge in [-0.1, -0.05) is 12.2 Å². The van der Waals surface area contributed by atoms with Crippen LogP contribution in [0, 0.1) is 11.6 Å². The molecule has 0 aliphatic carbocycles. The summed E-state index contributed by atoms with van der Waals surface area (Å²) in [6, 6.07) is 1.52. The third kappa shape index (κ3) is 2.87. The first kappa shape index (κ1) is 12.3. The van der Waals surface area contributed by atoms with Crippen molar-refractivity contribution >= 4 is 12.0 Å². The summed E-state index contributed by atoms with van der Waals surface area (Å²) in [6.07, 6.45) is 3.52. The molecule has 0 bridgehead atoms. The van der Waals surface area contributed by atoms with Crippen molar-refractivity contribution in [3.05, 3.63) is 41.0 Å². The molecule has 0 aliphatic rings. The monoisotopic (exact) mass is 227 g/mol.